The van der Waals surface area contributed by atoms with Gasteiger partial charge in [0, 0.05) is 0 Å². The molecule has 0 saturated heterocycles. The fourth-order valence-corrected chi connectivity index (χ4v) is 2.82. The molecular weight excluding hydrogens is 308 g/mol. The number of carbonyl (C=O) groups excluding carboxylic acids is 2. The van der Waals surface area contributed by atoms with Crippen molar-refractivity contribution in [3.05, 3.63) is 28.3 Å². The number of hydrogen-bond donors (Lipinski definition) is 1. The Labute approximate surface area is 144 Å². The van der Waals surface area contributed by atoms with Crippen LogP contribution in [0.3, 0.4) is 0 Å². The minimum absolute atomic E-state index is 0.0746. The zero-order chi connectivity index (χ0) is 18.1. The van der Waals surface area contributed by atoms with Crippen LogP contribution in [-0.4, -0.2) is 31.3 Å². The molecule has 5 nitrogen and oxygen atoms in total. The molecule has 5 heteroatoms. The van der Waals surface area contributed by atoms with Gasteiger partial charge < -0.3 is 14.6 Å². The smallest absolute Gasteiger partial charge is 0.341 e. The van der Waals surface area contributed by atoms with Crippen molar-refractivity contribution in [3.8, 4) is 5.75 Å². The summed E-state index contributed by atoms with van der Waals surface area (Å²) in [6.45, 7) is 4.07. The number of aryl methyl sites for hydroxylation is 1. The quantitative estimate of drug-likeness (QED) is 0.544. The molecular formula is C19H28O5. The van der Waals surface area contributed by atoms with Crippen LogP contribution in [0.5, 0.6) is 5.75 Å². The van der Waals surface area contributed by atoms with E-state index in [1.807, 2.05) is 6.92 Å². The molecule has 1 aromatic carbocycles. The maximum atomic E-state index is 12.2. The van der Waals surface area contributed by atoms with Crippen molar-refractivity contribution >= 4 is 11.9 Å². The molecule has 1 rings (SSSR count). The van der Waals surface area contributed by atoms with E-state index in [2.05, 4.69) is 6.92 Å². The lowest BCUT2D eigenvalue weighted by Gasteiger charge is -2.17. The van der Waals surface area contributed by atoms with Crippen molar-refractivity contribution in [3.63, 3.8) is 0 Å². The minimum atomic E-state index is -0.628. The number of methoxy groups -OCH3 is 2. The summed E-state index contributed by atoms with van der Waals surface area (Å²) in [5.41, 5.74) is 1.51. The maximum Gasteiger partial charge on any atom is 0.341 e. The van der Waals surface area contributed by atoms with Gasteiger partial charge in [-0.2, -0.15) is 0 Å². The number of benzene rings is 1. The normalized spacial score (nSPS) is 10.5. The van der Waals surface area contributed by atoms with Crippen LogP contribution in [-0.2, 0) is 22.3 Å². The summed E-state index contributed by atoms with van der Waals surface area (Å²) >= 11 is 0. The Morgan fingerprint density at radius 3 is 2.17 bits per heavy atom. The van der Waals surface area contributed by atoms with Crippen molar-refractivity contribution in [1.82, 2.24) is 0 Å². The average molecular weight is 336 g/mol. The van der Waals surface area contributed by atoms with Gasteiger partial charge in [0.2, 0.25) is 0 Å². The first-order valence-electron chi connectivity index (χ1n) is 8.56. The van der Waals surface area contributed by atoms with Crippen LogP contribution in [0, 0.1) is 0 Å². The van der Waals surface area contributed by atoms with Crippen LogP contribution in [0.2, 0.25) is 0 Å². The molecule has 0 saturated carbocycles. The first-order chi connectivity index (χ1) is 11.5. The molecule has 0 aromatic heterocycles. The largest absolute Gasteiger partial charge is 0.507 e. The van der Waals surface area contributed by atoms with Crippen molar-refractivity contribution in [2.24, 2.45) is 0 Å². The average Bonchev–Trinajstić information content (AvgIpc) is 2.59. The van der Waals surface area contributed by atoms with E-state index in [1.54, 1.807) is 6.07 Å². The second-order valence-electron chi connectivity index (χ2n) is 5.83. The highest BCUT2D eigenvalue weighted by Gasteiger charge is 2.26. The number of phenolic OH excluding ortho intramolecular Hbond substituents is 1. The lowest BCUT2D eigenvalue weighted by atomic mass is 9.91. The molecule has 0 unspecified atom stereocenters. The third-order valence-electron chi connectivity index (χ3n) is 4.08. The monoisotopic (exact) mass is 336 g/mol. The van der Waals surface area contributed by atoms with Gasteiger partial charge in [0.15, 0.2) is 0 Å². The van der Waals surface area contributed by atoms with Gasteiger partial charge in [0.05, 0.1) is 19.8 Å². The van der Waals surface area contributed by atoms with Crippen LogP contribution in [0.1, 0.15) is 77.8 Å². The fraction of sp³-hybridized carbons (Fsp3) is 0.579. The number of phenols is 1. The number of esters is 2. The molecule has 0 bridgehead atoms. The Morgan fingerprint density at radius 1 is 0.958 bits per heavy atom. The van der Waals surface area contributed by atoms with Gasteiger partial charge in [0.25, 0.3) is 0 Å². The highest BCUT2D eigenvalue weighted by molar-refractivity contribution is 6.00. The van der Waals surface area contributed by atoms with Crippen molar-refractivity contribution in [2.45, 2.75) is 58.8 Å². The maximum absolute atomic E-state index is 12.2. The number of unbranched alkanes of at least 4 members (excludes halogenated alkanes) is 3. The second-order valence-corrected chi connectivity index (χ2v) is 5.83. The first-order valence-corrected chi connectivity index (χ1v) is 8.56. The topological polar surface area (TPSA) is 72.8 Å². The van der Waals surface area contributed by atoms with Gasteiger partial charge in [-0.15, -0.1) is 0 Å². The minimum Gasteiger partial charge on any atom is -0.507 e. The molecule has 0 aliphatic heterocycles. The molecule has 0 radical (unpaired) electrons. The van der Waals surface area contributed by atoms with E-state index in [-0.39, 0.29) is 11.3 Å². The van der Waals surface area contributed by atoms with Gasteiger partial charge in [0.1, 0.15) is 11.3 Å². The summed E-state index contributed by atoms with van der Waals surface area (Å²) in [6, 6.07) is 1.66. The summed E-state index contributed by atoms with van der Waals surface area (Å²) in [5.74, 6) is -1.20. The molecule has 0 atom stereocenters. The van der Waals surface area contributed by atoms with Crippen LogP contribution < -0.4 is 0 Å². The molecule has 0 heterocycles. The molecule has 0 spiro atoms. The third-order valence-corrected chi connectivity index (χ3v) is 4.08. The van der Waals surface area contributed by atoms with E-state index in [0.29, 0.717) is 29.5 Å². The fourth-order valence-electron chi connectivity index (χ4n) is 2.82. The van der Waals surface area contributed by atoms with Crippen molar-refractivity contribution in [1.29, 1.82) is 0 Å². The molecule has 1 N–H and O–H groups in total. The number of carbonyl (C=O) groups is 2. The lowest BCUT2D eigenvalue weighted by molar-refractivity contribution is 0.0594. The highest BCUT2D eigenvalue weighted by atomic mass is 16.5. The zero-order valence-electron chi connectivity index (χ0n) is 15.1. The SMILES string of the molecule is CCCCCCc1cc(C(=O)OC)c(CCC)c(C(=O)OC)c1O. The van der Waals surface area contributed by atoms with Gasteiger partial charge in [-0.3, -0.25) is 0 Å². The van der Waals surface area contributed by atoms with Crippen molar-refractivity contribution < 1.29 is 24.2 Å². The number of rotatable bonds is 9. The molecule has 24 heavy (non-hydrogen) atoms. The standard InChI is InChI=1S/C19H28O5/c1-5-7-8-9-11-13-12-15(18(21)23-3)14(10-6-2)16(17(13)20)19(22)24-4/h12,20H,5-11H2,1-4H3. The highest BCUT2D eigenvalue weighted by Crippen LogP contribution is 2.32. The van der Waals surface area contributed by atoms with Gasteiger partial charge in [-0.25, -0.2) is 9.59 Å². The van der Waals surface area contributed by atoms with E-state index >= 15 is 0 Å². The predicted molar refractivity (Wildman–Crippen MR) is 92.6 cm³/mol. The van der Waals surface area contributed by atoms with Crippen LogP contribution in [0.4, 0.5) is 0 Å². The summed E-state index contributed by atoms with van der Waals surface area (Å²) in [4.78, 5) is 24.3. The van der Waals surface area contributed by atoms with Crippen LogP contribution >= 0.6 is 0 Å². The Balaban J connectivity index is 3.39. The van der Waals surface area contributed by atoms with Gasteiger partial charge >= 0.3 is 11.9 Å². The van der Waals surface area contributed by atoms with E-state index in [9.17, 15) is 14.7 Å². The van der Waals surface area contributed by atoms with E-state index in [1.165, 1.54) is 14.2 Å². The lowest BCUT2D eigenvalue weighted by Crippen LogP contribution is -2.14. The number of hydrogen-bond acceptors (Lipinski definition) is 5. The molecule has 0 fully saturated rings. The zero-order valence-corrected chi connectivity index (χ0v) is 15.1. The molecule has 0 amide bonds. The molecule has 0 aliphatic rings. The Kier molecular flexibility index (Phi) is 8.30. The number of aromatic hydroxyl groups is 1. The van der Waals surface area contributed by atoms with Gasteiger partial charge in [-0.1, -0.05) is 39.5 Å². The summed E-state index contributed by atoms with van der Waals surface area (Å²) in [7, 11) is 2.58. The summed E-state index contributed by atoms with van der Waals surface area (Å²) in [5, 5.41) is 10.6. The molecule has 0 aliphatic carbocycles. The van der Waals surface area contributed by atoms with E-state index in [0.717, 1.165) is 32.1 Å². The summed E-state index contributed by atoms with van der Waals surface area (Å²) < 4.78 is 9.68. The van der Waals surface area contributed by atoms with E-state index in [4.69, 9.17) is 9.47 Å². The predicted octanol–water partition coefficient (Wildman–Crippen LogP) is 4.04. The van der Waals surface area contributed by atoms with E-state index < -0.39 is 11.9 Å². The first kappa shape index (κ1) is 20.0. The summed E-state index contributed by atoms with van der Waals surface area (Å²) in [6.07, 6.45) is 5.96. The molecule has 1 aromatic rings. The second kappa shape index (κ2) is 9.96. The van der Waals surface area contributed by atoms with Crippen molar-refractivity contribution in [2.75, 3.05) is 14.2 Å². The molecule has 134 valence electrons. The Morgan fingerprint density at radius 2 is 1.62 bits per heavy atom. The van der Waals surface area contributed by atoms with Gasteiger partial charge in [-0.05, 0) is 36.5 Å². The van der Waals surface area contributed by atoms with Crippen LogP contribution in [0.15, 0.2) is 6.07 Å². The third kappa shape index (κ3) is 4.73. The Hall–Kier alpha value is -2.04. The number of ether oxygens (including phenoxy) is 2. The van der Waals surface area contributed by atoms with Crippen LogP contribution in [0.25, 0.3) is 0 Å². The Bertz CT molecular complexity index is 578.